The number of furan rings is 1. The van der Waals surface area contributed by atoms with Crippen molar-refractivity contribution in [2.24, 2.45) is 0 Å². The van der Waals surface area contributed by atoms with Crippen molar-refractivity contribution >= 4 is 17.5 Å². The lowest BCUT2D eigenvalue weighted by Crippen LogP contribution is -2.25. The van der Waals surface area contributed by atoms with E-state index in [2.05, 4.69) is 10.6 Å². The lowest BCUT2D eigenvalue weighted by atomic mass is 10.2. The third-order valence-electron chi connectivity index (χ3n) is 2.81. The van der Waals surface area contributed by atoms with Gasteiger partial charge in [0.1, 0.15) is 11.6 Å². The molecule has 0 unspecified atom stereocenters. The zero-order valence-electron chi connectivity index (χ0n) is 11.6. The Balaban J connectivity index is 1.72. The van der Waals surface area contributed by atoms with E-state index < -0.39 is 17.5 Å². The lowest BCUT2D eigenvalue weighted by Gasteiger charge is -2.07. The summed E-state index contributed by atoms with van der Waals surface area (Å²) < 4.78 is 31.2. The highest BCUT2D eigenvalue weighted by Gasteiger charge is 2.10. The van der Waals surface area contributed by atoms with Crippen LogP contribution in [0, 0.1) is 11.6 Å². The van der Waals surface area contributed by atoms with Crippen LogP contribution >= 0.6 is 0 Å². The van der Waals surface area contributed by atoms with Gasteiger partial charge in [-0.2, -0.15) is 0 Å². The highest BCUT2D eigenvalue weighted by atomic mass is 19.1. The van der Waals surface area contributed by atoms with Gasteiger partial charge in [-0.3, -0.25) is 9.59 Å². The standard InChI is InChI=1S/C15H14F2N2O3/c16-10-5-6-11(17)12(9-10)19-14(20)4-1-7-18-15(21)13-3-2-8-22-13/h2-3,5-6,8-9H,1,4,7H2,(H,18,21)(H,19,20). The van der Waals surface area contributed by atoms with Crippen molar-refractivity contribution in [2.45, 2.75) is 12.8 Å². The number of rotatable bonds is 6. The summed E-state index contributed by atoms with van der Waals surface area (Å²) in [5.41, 5.74) is -0.204. The van der Waals surface area contributed by atoms with Crippen molar-refractivity contribution < 1.29 is 22.8 Å². The molecule has 0 atom stereocenters. The van der Waals surface area contributed by atoms with Gasteiger partial charge in [0.15, 0.2) is 5.76 Å². The summed E-state index contributed by atoms with van der Waals surface area (Å²) >= 11 is 0. The number of carbonyl (C=O) groups is 2. The molecule has 1 heterocycles. The molecule has 1 aromatic heterocycles. The Bertz CT molecular complexity index is 657. The van der Waals surface area contributed by atoms with Crippen LogP contribution in [0.3, 0.4) is 0 Å². The summed E-state index contributed by atoms with van der Waals surface area (Å²) in [5, 5.41) is 4.86. The summed E-state index contributed by atoms with van der Waals surface area (Å²) in [4.78, 5) is 23.1. The summed E-state index contributed by atoms with van der Waals surface area (Å²) in [7, 11) is 0. The van der Waals surface area contributed by atoms with E-state index in [0.29, 0.717) is 6.42 Å². The molecule has 2 rings (SSSR count). The molecule has 2 aromatic rings. The predicted octanol–water partition coefficient (Wildman–Crippen LogP) is 2.71. The van der Waals surface area contributed by atoms with Crippen LogP contribution in [0.15, 0.2) is 41.0 Å². The Hall–Kier alpha value is -2.70. The summed E-state index contributed by atoms with van der Waals surface area (Å²) in [6, 6.07) is 5.93. The molecule has 0 aliphatic carbocycles. The second kappa shape index (κ2) is 7.35. The summed E-state index contributed by atoms with van der Waals surface area (Å²) in [6.45, 7) is 0.262. The second-order valence-corrected chi connectivity index (χ2v) is 4.51. The number of carbonyl (C=O) groups excluding carboxylic acids is 2. The number of hydrogen-bond acceptors (Lipinski definition) is 3. The first-order valence-electron chi connectivity index (χ1n) is 6.63. The van der Waals surface area contributed by atoms with E-state index >= 15 is 0 Å². The molecule has 0 saturated heterocycles. The monoisotopic (exact) mass is 308 g/mol. The van der Waals surface area contributed by atoms with Gasteiger partial charge in [-0.05, 0) is 30.7 Å². The highest BCUT2D eigenvalue weighted by Crippen LogP contribution is 2.15. The zero-order chi connectivity index (χ0) is 15.9. The van der Waals surface area contributed by atoms with E-state index in [-0.39, 0.29) is 30.3 Å². The molecule has 5 nitrogen and oxygen atoms in total. The van der Waals surface area contributed by atoms with E-state index in [1.165, 1.54) is 12.3 Å². The number of anilines is 1. The zero-order valence-corrected chi connectivity index (χ0v) is 11.6. The first-order chi connectivity index (χ1) is 10.6. The van der Waals surface area contributed by atoms with Crippen molar-refractivity contribution in [3.63, 3.8) is 0 Å². The van der Waals surface area contributed by atoms with Crippen molar-refractivity contribution in [1.29, 1.82) is 0 Å². The fourth-order valence-electron chi connectivity index (χ4n) is 1.75. The summed E-state index contributed by atoms with van der Waals surface area (Å²) in [5.74, 6) is -1.99. The maximum absolute atomic E-state index is 13.3. The minimum Gasteiger partial charge on any atom is -0.459 e. The van der Waals surface area contributed by atoms with Gasteiger partial charge in [-0.15, -0.1) is 0 Å². The third-order valence-corrected chi connectivity index (χ3v) is 2.81. The maximum atomic E-state index is 13.3. The van der Waals surface area contributed by atoms with Crippen LogP contribution in [-0.4, -0.2) is 18.4 Å². The first kappa shape index (κ1) is 15.7. The minimum absolute atomic E-state index is 0.0639. The van der Waals surface area contributed by atoms with Crippen molar-refractivity contribution in [3.05, 3.63) is 54.0 Å². The van der Waals surface area contributed by atoms with E-state index in [9.17, 15) is 18.4 Å². The first-order valence-corrected chi connectivity index (χ1v) is 6.63. The Morgan fingerprint density at radius 3 is 2.73 bits per heavy atom. The van der Waals surface area contributed by atoms with Gasteiger partial charge in [-0.25, -0.2) is 8.78 Å². The molecule has 1 aromatic carbocycles. The molecule has 0 spiro atoms. The van der Waals surface area contributed by atoms with Crippen LogP contribution in [0.5, 0.6) is 0 Å². The Morgan fingerprint density at radius 1 is 1.18 bits per heavy atom. The van der Waals surface area contributed by atoms with Crippen LogP contribution in [0.1, 0.15) is 23.4 Å². The van der Waals surface area contributed by atoms with Gasteiger partial charge < -0.3 is 15.1 Å². The number of amides is 2. The SMILES string of the molecule is O=C(CCCNC(=O)c1ccco1)Nc1cc(F)ccc1F. The fourth-order valence-corrected chi connectivity index (χ4v) is 1.75. The van der Waals surface area contributed by atoms with Gasteiger partial charge in [0.05, 0.1) is 12.0 Å². The quantitative estimate of drug-likeness (QED) is 0.806. The van der Waals surface area contributed by atoms with Crippen molar-refractivity contribution in [1.82, 2.24) is 5.32 Å². The number of benzene rings is 1. The maximum Gasteiger partial charge on any atom is 0.286 e. The van der Waals surface area contributed by atoms with E-state index in [1.54, 1.807) is 6.07 Å². The molecule has 0 aliphatic rings. The molecule has 22 heavy (non-hydrogen) atoms. The Kier molecular flexibility index (Phi) is 5.24. The van der Waals surface area contributed by atoms with Gasteiger partial charge in [0.2, 0.25) is 5.91 Å². The molecule has 0 bridgehead atoms. The van der Waals surface area contributed by atoms with Crippen molar-refractivity contribution in [3.8, 4) is 0 Å². The number of halogens is 2. The van der Waals surface area contributed by atoms with Gasteiger partial charge in [-0.1, -0.05) is 0 Å². The Labute approximate surface area is 125 Å². The molecular formula is C15H14F2N2O3. The average Bonchev–Trinajstić information content (AvgIpc) is 3.01. The molecule has 0 radical (unpaired) electrons. The van der Waals surface area contributed by atoms with Gasteiger partial charge >= 0.3 is 0 Å². The number of hydrogen-bond donors (Lipinski definition) is 2. The van der Waals surface area contributed by atoms with Gasteiger partial charge in [0.25, 0.3) is 5.91 Å². The Morgan fingerprint density at radius 2 is 2.00 bits per heavy atom. The van der Waals surface area contributed by atoms with Crippen LogP contribution < -0.4 is 10.6 Å². The van der Waals surface area contributed by atoms with E-state index in [1.807, 2.05) is 0 Å². The van der Waals surface area contributed by atoms with Crippen LogP contribution in [-0.2, 0) is 4.79 Å². The van der Waals surface area contributed by atoms with Crippen molar-refractivity contribution in [2.75, 3.05) is 11.9 Å². The van der Waals surface area contributed by atoms with E-state index in [4.69, 9.17) is 4.42 Å². The highest BCUT2D eigenvalue weighted by molar-refractivity contribution is 5.92. The van der Waals surface area contributed by atoms with Crippen LogP contribution in [0.2, 0.25) is 0 Å². The average molecular weight is 308 g/mol. The van der Waals surface area contributed by atoms with Gasteiger partial charge in [0, 0.05) is 19.0 Å². The smallest absolute Gasteiger partial charge is 0.286 e. The fraction of sp³-hybridized carbons (Fsp3) is 0.200. The molecule has 2 amide bonds. The molecule has 7 heteroatoms. The molecule has 0 saturated carbocycles. The largest absolute Gasteiger partial charge is 0.459 e. The normalized spacial score (nSPS) is 10.3. The minimum atomic E-state index is -0.708. The third kappa shape index (κ3) is 4.41. The molecular weight excluding hydrogens is 294 g/mol. The van der Waals surface area contributed by atoms with Crippen LogP contribution in [0.4, 0.5) is 14.5 Å². The predicted molar refractivity (Wildman–Crippen MR) is 75.3 cm³/mol. The van der Waals surface area contributed by atoms with E-state index in [0.717, 1.165) is 18.2 Å². The van der Waals surface area contributed by atoms with Crippen LogP contribution in [0.25, 0.3) is 0 Å². The second-order valence-electron chi connectivity index (χ2n) is 4.51. The molecule has 116 valence electrons. The molecule has 0 aliphatic heterocycles. The summed E-state index contributed by atoms with van der Waals surface area (Å²) in [6.07, 6.45) is 1.81. The molecule has 0 fully saturated rings. The topological polar surface area (TPSA) is 71.3 Å². The lowest BCUT2D eigenvalue weighted by molar-refractivity contribution is -0.116. The number of nitrogens with one attached hydrogen (secondary N) is 2. The molecule has 2 N–H and O–H groups in total.